The summed E-state index contributed by atoms with van der Waals surface area (Å²) in [6, 6.07) is 7.78. The quantitative estimate of drug-likeness (QED) is 0.869. The molecule has 0 radical (unpaired) electrons. The molecule has 1 aliphatic heterocycles. The van der Waals surface area contributed by atoms with Crippen LogP contribution in [0.15, 0.2) is 34.8 Å². The van der Waals surface area contributed by atoms with E-state index < -0.39 is 0 Å². The van der Waals surface area contributed by atoms with E-state index in [0.29, 0.717) is 6.54 Å². The molecule has 0 aliphatic carbocycles. The fourth-order valence-electron chi connectivity index (χ4n) is 1.85. The summed E-state index contributed by atoms with van der Waals surface area (Å²) >= 11 is 3.44. The highest BCUT2D eigenvalue weighted by atomic mass is 79.9. The highest BCUT2D eigenvalue weighted by Crippen LogP contribution is 2.17. The number of carbonyl (C=O) groups is 1. The van der Waals surface area contributed by atoms with Crippen LogP contribution in [-0.2, 0) is 9.53 Å². The van der Waals surface area contributed by atoms with Crippen LogP contribution in [0, 0.1) is 0 Å². The number of amides is 1. The number of nitrogens with one attached hydrogen (secondary N) is 1. The molecule has 3 nitrogen and oxygen atoms in total. The molecule has 1 heterocycles. The van der Waals surface area contributed by atoms with Crippen LogP contribution >= 0.6 is 15.9 Å². The second-order valence-electron chi connectivity index (χ2n) is 4.24. The van der Waals surface area contributed by atoms with Crippen molar-refractivity contribution in [3.8, 4) is 0 Å². The number of hydrogen-bond acceptors (Lipinski definition) is 2. The van der Waals surface area contributed by atoms with Crippen LogP contribution in [0.2, 0.25) is 0 Å². The standard InChI is InChI=1S/C14H16BrNO2/c15-13-6-2-1-4-11(13)7-8-14(17)16-10-12-5-3-9-18-12/h1-2,4,6-8,12H,3,5,9-10H2,(H,16,17)/b8-7+. The molecule has 18 heavy (non-hydrogen) atoms. The topological polar surface area (TPSA) is 38.3 Å². The molecule has 1 unspecified atom stereocenters. The van der Waals surface area contributed by atoms with Gasteiger partial charge >= 0.3 is 0 Å². The Labute approximate surface area is 115 Å². The lowest BCUT2D eigenvalue weighted by molar-refractivity contribution is -0.116. The van der Waals surface area contributed by atoms with Crippen molar-refractivity contribution >= 4 is 27.9 Å². The Hall–Kier alpha value is -1.13. The number of benzene rings is 1. The Morgan fingerprint density at radius 1 is 1.50 bits per heavy atom. The van der Waals surface area contributed by atoms with Crippen molar-refractivity contribution in [1.82, 2.24) is 5.32 Å². The molecule has 1 amide bonds. The first-order chi connectivity index (χ1) is 8.75. The second-order valence-corrected chi connectivity index (χ2v) is 5.09. The van der Waals surface area contributed by atoms with E-state index in [4.69, 9.17) is 4.74 Å². The average Bonchev–Trinajstić information content (AvgIpc) is 2.88. The molecule has 1 N–H and O–H groups in total. The van der Waals surface area contributed by atoms with Crippen molar-refractivity contribution in [2.75, 3.05) is 13.2 Å². The third-order valence-corrected chi connectivity index (χ3v) is 3.57. The van der Waals surface area contributed by atoms with Gasteiger partial charge in [0.15, 0.2) is 0 Å². The lowest BCUT2D eigenvalue weighted by Gasteiger charge is -2.08. The summed E-state index contributed by atoms with van der Waals surface area (Å²) in [6.07, 6.45) is 5.66. The molecule has 0 bridgehead atoms. The van der Waals surface area contributed by atoms with Gasteiger partial charge in [-0.25, -0.2) is 0 Å². The summed E-state index contributed by atoms with van der Waals surface area (Å²) in [5, 5.41) is 2.85. The molecule has 2 rings (SSSR count). The van der Waals surface area contributed by atoms with E-state index >= 15 is 0 Å². The largest absolute Gasteiger partial charge is 0.376 e. The van der Waals surface area contributed by atoms with Crippen LogP contribution in [0.3, 0.4) is 0 Å². The van der Waals surface area contributed by atoms with Crippen LogP contribution in [0.5, 0.6) is 0 Å². The minimum atomic E-state index is -0.0822. The smallest absolute Gasteiger partial charge is 0.244 e. The summed E-state index contributed by atoms with van der Waals surface area (Å²) in [4.78, 5) is 11.6. The number of rotatable bonds is 4. The predicted molar refractivity (Wildman–Crippen MR) is 75.2 cm³/mol. The highest BCUT2D eigenvalue weighted by Gasteiger charge is 2.15. The Balaban J connectivity index is 1.81. The zero-order valence-electron chi connectivity index (χ0n) is 10.1. The van der Waals surface area contributed by atoms with Gasteiger partial charge in [-0.15, -0.1) is 0 Å². The maximum atomic E-state index is 11.6. The van der Waals surface area contributed by atoms with Gasteiger partial charge in [-0.1, -0.05) is 34.1 Å². The molecule has 1 atom stereocenters. The number of carbonyl (C=O) groups excluding carboxylic acids is 1. The Morgan fingerprint density at radius 2 is 2.33 bits per heavy atom. The molecule has 0 aromatic heterocycles. The van der Waals surface area contributed by atoms with Crippen LogP contribution in [-0.4, -0.2) is 25.2 Å². The normalized spacial score (nSPS) is 19.3. The van der Waals surface area contributed by atoms with Gasteiger partial charge in [-0.2, -0.15) is 0 Å². The molecule has 0 spiro atoms. The number of ether oxygens (including phenoxy) is 1. The first kappa shape index (κ1) is 13.3. The summed E-state index contributed by atoms with van der Waals surface area (Å²) < 4.78 is 6.42. The van der Waals surface area contributed by atoms with Crippen molar-refractivity contribution in [3.63, 3.8) is 0 Å². The molecular formula is C14H16BrNO2. The fourth-order valence-corrected chi connectivity index (χ4v) is 2.27. The van der Waals surface area contributed by atoms with Crippen LogP contribution in [0.1, 0.15) is 18.4 Å². The molecule has 1 aromatic rings. The molecular weight excluding hydrogens is 294 g/mol. The highest BCUT2D eigenvalue weighted by molar-refractivity contribution is 9.10. The molecule has 96 valence electrons. The Morgan fingerprint density at radius 3 is 3.06 bits per heavy atom. The van der Waals surface area contributed by atoms with Gasteiger partial charge in [0, 0.05) is 23.7 Å². The molecule has 1 aliphatic rings. The summed E-state index contributed by atoms with van der Waals surface area (Å²) in [7, 11) is 0. The number of halogens is 1. The number of hydrogen-bond donors (Lipinski definition) is 1. The average molecular weight is 310 g/mol. The van der Waals surface area contributed by atoms with Crippen molar-refractivity contribution in [1.29, 1.82) is 0 Å². The maximum Gasteiger partial charge on any atom is 0.244 e. The zero-order valence-corrected chi connectivity index (χ0v) is 11.7. The first-order valence-electron chi connectivity index (χ1n) is 6.08. The predicted octanol–water partition coefficient (Wildman–Crippen LogP) is 2.76. The molecule has 1 saturated heterocycles. The van der Waals surface area contributed by atoms with Gasteiger partial charge < -0.3 is 10.1 Å². The molecule has 1 fully saturated rings. The second kappa shape index (κ2) is 6.71. The van der Waals surface area contributed by atoms with Gasteiger partial charge in [-0.3, -0.25) is 4.79 Å². The summed E-state index contributed by atoms with van der Waals surface area (Å²) in [6.45, 7) is 1.41. The summed E-state index contributed by atoms with van der Waals surface area (Å²) in [5.41, 5.74) is 0.991. The SMILES string of the molecule is O=C(/C=C/c1ccccc1Br)NCC1CCCO1. The zero-order chi connectivity index (χ0) is 12.8. The van der Waals surface area contributed by atoms with E-state index in [-0.39, 0.29) is 12.0 Å². The lowest BCUT2D eigenvalue weighted by atomic mass is 10.2. The van der Waals surface area contributed by atoms with Crippen molar-refractivity contribution < 1.29 is 9.53 Å². The minimum Gasteiger partial charge on any atom is -0.376 e. The fraction of sp³-hybridized carbons (Fsp3) is 0.357. The lowest BCUT2D eigenvalue weighted by Crippen LogP contribution is -2.30. The molecule has 0 saturated carbocycles. The Kier molecular flexibility index (Phi) is 4.96. The Bertz CT molecular complexity index is 439. The van der Waals surface area contributed by atoms with Crippen molar-refractivity contribution in [3.05, 3.63) is 40.4 Å². The maximum absolute atomic E-state index is 11.6. The van der Waals surface area contributed by atoms with E-state index in [2.05, 4.69) is 21.2 Å². The van der Waals surface area contributed by atoms with Gasteiger partial charge in [0.1, 0.15) is 0 Å². The summed E-state index contributed by atoms with van der Waals surface area (Å²) in [5.74, 6) is -0.0822. The van der Waals surface area contributed by atoms with E-state index in [9.17, 15) is 4.79 Å². The van der Waals surface area contributed by atoms with Crippen molar-refractivity contribution in [2.24, 2.45) is 0 Å². The van der Waals surface area contributed by atoms with Crippen molar-refractivity contribution in [2.45, 2.75) is 18.9 Å². The third kappa shape index (κ3) is 3.96. The van der Waals surface area contributed by atoms with E-state index in [0.717, 1.165) is 29.5 Å². The van der Waals surface area contributed by atoms with Gasteiger partial charge in [0.05, 0.1) is 6.10 Å². The van der Waals surface area contributed by atoms with Crippen LogP contribution in [0.4, 0.5) is 0 Å². The van der Waals surface area contributed by atoms with Gasteiger partial charge in [0.2, 0.25) is 5.91 Å². The van der Waals surface area contributed by atoms with Crippen LogP contribution < -0.4 is 5.32 Å². The van der Waals surface area contributed by atoms with E-state index in [1.165, 1.54) is 0 Å². The van der Waals surface area contributed by atoms with E-state index in [1.54, 1.807) is 12.2 Å². The van der Waals surface area contributed by atoms with Gasteiger partial charge in [0.25, 0.3) is 0 Å². The first-order valence-corrected chi connectivity index (χ1v) is 6.87. The van der Waals surface area contributed by atoms with E-state index in [1.807, 2.05) is 24.3 Å². The monoisotopic (exact) mass is 309 g/mol. The van der Waals surface area contributed by atoms with Gasteiger partial charge in [-0.05, 0) is 30.5 Å². The van der Waals surface area contributed by atoms with Crippen LogP contribution in [0.25, 0.3) is 6.08 Å². The molecule has 4 heteroatoms. The minimum absolute atomic E-state index is 0.0822. The third-order valence-electron chi connectivity index (χ3n) is 2.85. The molecule has 1 aromatic carbocycles.